The minimum atomic E-state index is -0.328. The van der Waals surface area contributed by atoms with Crippen molar-refractivity contribution in [1.29, 1.82) is 0 Å². The van der Waals surface area contributed by atoms with E-state index in [9.17, 15) is 0 Å². The van der Waals surface area contributed by atoms with E-state index in [2.05, 4.69) is 41.3 Å². The van der Waals surface area contributed by atoms with Gasteiger partial charge < -0.3 is 10.3 Å². The average Bonchev–Trinajstić information content (AvgIpc) is 2.84. The van der Waals surface area contributed by atoms with Gasteiger partial charge in [-0.3, -0.25) is 0 Å². The SMILES string of the molecule is Cc1ccc(CCc2nc(C3(N)CCC3)no2)cc1.Cl. The Morgan fingerprint density at radius 3 is 2.50 bits per heavy atom. The molecule has 1 aromatic carbocycles. The van der Waals surface area contributed by atoms with E-state index >= 15 is 0 Å². The van der Waals surface area contributed by atoms with Gasteiger partial charge in [-0.25, -0.2) is 0 Å². The summed E-state index contributed by atoms with van der Waals surface area (Å²) in [5.41, 5.74) is 8.41. The van der Waals surface area contributed by atoms with E-state index in [1.54, 1.807) is 0 Å². The molecule has 0 unspecified atom stereocenters. The standard InChI is InChI=1S/C15H19N3O.ClH/c1-11-3-5-12(6-4-11)7-8-13-17-14(18-19-13)15(16)9-2-10-15;/h3-6H,2,7-10,16H2,1H3;1H. The minimum Gasteiger partial charge on any atom is -0.339 e. The van der Waals surface area contributed by atoms with Gasteiger partial charge in [-0.15, -0.1) is 12.4 Å². The average molecular weight is 294 g/mol. The van der Waals surface area contributed by atoms with Gasteiger partial charge in [-0.2, -0.15) is 4.98 Å². The third kappa shape index (κ3) is 3.02. The topological polar surface area (TPSA) is 64.9 Å². The monoisotopic (exact) mass is 293 g/mol. The smallest absolute Gasteiger partial charge is 0.227 e. The van der Waals surface area contributed by atoms with Crippen LogP contribution in [-0.2, 0) is 18.4 Å². The second kappa shape index (κ2) is 5.94. The van der Waals surface area contributed by atoms with Crippen LogP contribution in [0.5, 0.6) is 0 Å². The van der Waals surface area contributed by atoms with Crippen LogP contribution in [0.1, 0.15) is 42.1 Å². The molecule has 1 fully saturated rings. The first kappa shape index (κ1) is 15.0. The van der Waals surface area contributed by atoms with Gasteiger partial charge in [0.1, 0.15) is 0 Å². The number of hydrogen-bond donors (Lipinski definition) is 1. The van der Waals surface area contributed by atoms with Crippen molar-refractivity contribution in [2.24, 2.45) is 5.73 Å². The molecule has 5 heteroatoms. The number of halogens is 1. The van der Waals surface area contributed by atoms with Gasteiger partial charge in [0.2, 0.25) is 5.89 Å². The Morgan fingerprint density at radius 1 is 1.20 bits per heavy atom. The molecule has 1 aliphatic carbocycles. The highest BCUT2D eigenvalue weighted by molar-refractivity contribution is 5.85. The van der Waals surface area contributed by atoms with Gasteiger partial charge in [0.05, 0.1) is 5.54 Å². The van der Waals surface area contributed by atoms with Crippen molar-refractivity contribution < 1.29 is 4.52 Å². The number of rotatable bonds is 4. The van der Waals surface area contributed by atoms with Gasteiger partial charge in [-0.1, -0.05) is 35.0 Å². The fourth-order valence-corrected chi connectivity index (χ4v) is 2.35. The van der Waals surface area contributed by atoms with Crippen LogP contribution in [0, 0.1) is 6.92 Å². The van der Waals surface area contributed by atoms with E-state index in [1.165, 1.54) is 11.1 Å². The van der Waals surface area contributed by atoms with Gasteiger partial charge in [0, 0.05) is 6.42 Å². The fraction of sp³-hybridized carbons (Fsp3) is 0.467. The number of hydrogen-bond acceptors (Lipinski definition) is 4. The van der Waals surface area contributed by atoms with E-state index < -0.39 is 0 Å². The van der Waals surface area contributed by atoms with Crippen LogP contribution in [0.25, 0.3) is 0 Å². The van der Waals surface area contributed by atoms with Crippen molar-refractivity contribution in [2.45, 2.75) is 44.6 Å². The highest BCUT2D eigenvalue weighted by atomic mass is 35.5. The molecule has 0 aliphatic heterocycles. The van der Waals surface area contributed by atoms with Gasteiger partial charge in [0.15, 0.2) is 5.82 Å². The zero-order chi connectivity index (χ0) is 13.3. The Kier molecular flexibility index (Phi) is 4.45. The summed E-state index contributed by atoms with van der Waals surface area (Å²) in [7, 11) is 0. The van der Waals surface area contributed by atoms with E-state index in [4.69, 9.17) is 10.3 Å². The van der Waals surface area contributed by atoms with Crippen molar-refractivity contribution >= 4 is 12.4 Å². The lowest BCUT2D eigenvalue weighted by Gasteiger charge is -2.34. The molecule has 1 heterocycles. The predicted molar refractivity (Wildman–Crippen MR) is 79.8 cm³/mol. The first-order valence-electron chi connectivity index (χ1n) is 6.83. The second-order valence-electron chi connectivity index (χ2n) is 5.51. The van der Waals surface area contributed by atoms with Crippen LogP contribution < -0.4 is 5.73 Å². The molecule has 2 N–H and O–H groups in total. The van der Waals surface area contributed by atoms with Gasteiger partial charge >= 0.3 is 0 Å². The Bertz CT molecular complexity index is 561. The van der Waals surface area contributed by atoms with E-state index in [-0.39, 0.29) is 17.9 Å². The summed E-state index contributed by atoms with van der Waals surface area (Å²) >= 11 is 0. The molecular formula is C15H20ClN3O. The first-order valence-corrected chi connectivity index (χ1v) is 6.83. The highest BCUT2D eigenvalue weighted by Crippen LogP contribution is 2.36. The molecule has 0 bridgehead atoms. The van der Waals surface area contributed by atoms with Crippen molar-refractivity contribution in [3.63, 3.8) is 0 Å². The molecule has 0 amide bonds. The maximum atomic E-state index is 6.18. The molecule has 0 atom stereocenters. The van der Waals surface area contributed by atoms with Gasteiger partial charge in [-0.05, 0) is 38.2 Å². The largest absolute Gasteiger partial charge is 0.339 e. The minimum absolute atomic E-state index is 0. The number of aromatic nitrogens is 2. The molecule has 2 aromatic rings. The number of benzene rings is 1. The van der Waals surface area contributed by atoms with Crippen LogP contribution in [-0.4, -0.2) is 10.1 Å². The maximum absolute atomic E-state index is 6.18. The Hall–Kier alpha value is -1.39. The van der Waals surface area contributed by atoms with Gasteiger partial charge in [0.25, 0.3) is 0 Å². The molecule has 1 aliphatic rings. The Morgan fingerprint density at radius 2 is 1.90 bits per heavy atom. The quantitative estimate of drug-likeness (QED) is 0.941. The van der Waals surface area contributed by atoms with Crippen molar-refractivity contribution in [2.75, 3.05) is 0 Å². The van der Waals surface area contributed by atoms with Crippen LogP contribution in [0.4, 0.5) is 0 Å². The summed E-state index contributed by atoms with van der Waals surface area (Å²) in [4.78, 5) is 4.43. The summed E-state index contributed by atoms with van der Waals surface area (Å²) in [5.74, 6) is 1.37. The molecule has 0 spiro atoms. The second-order valence-corrected chi connectivity index (χ2v) is 5.51. The molecule has 4 nitrogen and oxygen atoms in total. The lowest BCUT2D eigenvalue weighted by atomic mass is 9.77. The summed E-state index contributed by atoms with van der Waals surface area (Å²) in [6, 6.07) is 8.53. The third-order valence-electron chi connectivity index (χ3n) is 3.91. The summed E-state index contributed by atoms with van der Waals surface area (Å²) in [5, 5.41) is 4.03. The number of nitrogens with two attached hydrogens (primary N) is 1. The predicted octanol–water partition coefficient (Wildman–Crippen LogP) is 2.92. The van der Waals surface area contributed by atoms with Crippen LogP contribution >= 0.6 is 12.4 Å². The molecule has 3 rings (SSSR count). The first-order chi connectivity index (χ1) is 9.16. The molecule has 1 aromatic heterocycles. The van der Waals surface area contributed by atoms with Crippen molar-refractivity contribution in [1.82, 2.24) is 10.1 Å². The zero-order valence-corrected chi connectivity index (χ0v) is 12.4. The van der Waals surface area contributed by atoms with Crippen molar-refractivity contribution in [3.8, 4) is 0 Å². The molecule has 0 radical (unpaired) electrons. The summed E-state index contributed by atoms with van der Waals surface area (Å²) in [6.45, 7) is 2.09. The fourth-order valence-electron chi connectivity index (χ4n) is 2.35. The number of nitrogens with zero attached hydrogens (tertiary/aromatic N) is 2. The molecule has 20 heavy (non-hydrogen) atoms. The zero-order valence-electron chi connectivity index (χ0n) is 11.6. The summed E-state index contributed by atoms with van der Waals surface area (Å²) in [6.07, 6.45) is 4.77. The third-order valence-corrected chi connectivity index (χ3v) is 3.91. The van der Waals surface area contributed by atoms with Crippen LogP contribution in [0.3, 0.4) is 0 Å². The lowest BCUT2D eigenvalue weighted by molar-refractivity contribution is 0.229. The molecule has 1 saturated carbocycles. The highest BCUT2D eigenvalue weighted by Gasteiger charge is 2.38. The lowest BCUT2D eigenvalue weighted by Crippen LogP contribution is -2.44. The van der Waals surface area contributed by atoms with Crippen molar-refractivity contribution in [3.05, 3.63) is 47.1 Å². The van der Waals surface area contributed by atoms with E-state index in [1.807, 2.05) is 0 Å². The Labute approximate surface area is 125 Å². The maximum Gasteiger partial charge on any atom is 0.227 e. The van der Waals surface area contributed by atoms with Crippen LogP contribution in [0.2, 0.25) is 0 Å². The normalized spacial score (nSPS) is 16.3. The van der Waals surface area contributed by atoms with E-state index in [0.717, 1.165) is 32.1 Å². The van der Waals surface area contributed by atoms with Crippen LogP contribution in [0.15, 0.2) is 28.8 Å². The van der Waals surface area contributed by atoms with E-state index in [0.29, 0.717) is 11.7 Å². The number of aryl methyl sites for hydroxylation is 3. The molecule has 108 valence electrons. The molecule has 0 saturated heterocycles. The Balaban J connectivity index is 0.00000147. The summed E-state index contributed by atoms with van der Waals surface area (Å²) < 4.78 is 5.29. The molecular weight excluding hydrogens is 274 g/mol.